The fraction of sp³-hybridized carbons (Fsp3) is 0.389. The maximum atomic E-state index is 8.49. The van der Waals surface area contributed by atoms with Crippen LogP contribution in [-0.4, -0.2) is 27.9 Å². The Bertz CT molecular complexity index is 767. The molecule has 0 spiro atoms. The first-order chi connectivity index (χ1) is 12.3. The summed E-state index contributed by atoms with van der Waals surface area (Å²) in [5.74, 6) is 0.553. The lowest BCUT2D eigenvalue weighted by atomic mass is 9.89. The summed E-state index contributed by atoms with van der Waals surface area (Å²) in [5, 5.41) is 0.819. The van der Waals surface area contributed by atoms with Gasteiger partial charge in [-0.1, -0.05) is 23.7 Å². The Balaban J connectivity index is 0.000000349. The monoisotopic (exact) mass is 398 g/mol. The van der Waals surface area contributed by atoms with Gasteiger partial charge in [0.1, 0.15) is 18.8 Å². The van der Waals surface area contributed by atoms with Crippen molar-refractivity contribution in [3.8, 4) is 0 Å². The molecule has 0 radical (unpaired) electrons. The van der Waals surface area contributed by atoms with Crippen molar-refractivity contribution < 1.29 is 33.5 Å². The number of fused-ring (bicyclic) bond motifs is 1. The Hall–Kier alpha value is -1.41. The molecule has 1 unspecified atom stereocenters. The van der Waals surface area contributed by atoms with E-state index in [4.69, 9.17) is 30.2 Å². The van der Waals surface area contributed by atoms with Crippen LogP contribution in [0.3, 0.4) is 0 Å². The van der Waals surface area contributed by atoms with Gasteiger partial charge in [0, 0.05) is 42.9 Å². The van der Waals surface area contributed by atoms with Gasteiger partial charge in [-0.2, -0.15) is 0 Å². The molecule has 1 fully saturated rings. The second-order valence-corrected chi connectivity index (χ2v) is 7.71. The Kier molecular flexibility index (Phi) is 6.02. The summed E-state index contributed by atoms with van der Waals surface area (Å²) in [4.78, 5) is 0. The van der Waals surface area contributed by atoms with Crippen LogP contribution >= 0.6 is 11.6 Å². The number of benzene rings is 1. The van der Waals surface area contributed by atoms with Crippen molar-refractivity contribution in [2.45, 2.75) is 31.7 Å². The van der Waals surface area contributed by atoms with E-state index in [0.717, 1.165) is 18.0 Å². The third-order valence-electron chi connectivity index (χ3n) is 4.81. The van der Waals surface area contributed by atoms with Crippen molar-refractivity contribution in [3.05, 3.63) is 58.9 Å². The predicted molar refractivity (Wildman–Crippen MR) is 86.6 cm³/mol. The molecular weight excluding hydrogens is 379 g/mol. The predicted octanol–water partition coefficient (Wildman–Crippen LogP) is -0.832. The first kappa shape index (κ1) is 19.4. The van der Waals surface area contributed by atoms with E-state index in [1.807, 2.05) is 12.1 Å². The molecule has 0 saturated carbocycles. The maximum absolute atomic E-state index is 8.49. The van der Waals surface area contributed by atoms with E-state index in [-0.39, 0.29) is 0 Å². The van der Waals surface area contributed by atoms with Gasteiger partial charge in [0.2, 0.25) is 5.71 Å². The lowest BCUT2D eigenvalue weighted by Crippen LogP contribution is -2.68. The average molecular weight is 399 g/mol. The molecule has 6 nitrogen and oxygen atoms in total. The smallest absolute Gasteiger partial charge is 0.200 e. The van der Waals surface area contributed by atoms with E-state index in [2.05, 4.69) is 39.6 Å². The minimum absolute atomic E-state index is 0.553. The Morgan fingerprint density at radius 3 is 2.23 bits per heavy atom. The van der Waals surface area contributed by atoms with Gasteiger partial charge in [0.05, 0.1) is 0 Å². The second-order valence-electron chi connectivity index (χ2n) is 6.52. The third kappa shape index (κ3) is 5.07. The normalized spacial score (nSPS) is 19.8. The molecule has 2 aromatic rings. The minimum atomic E-state index is -4.94. The molecule has 140 valence electrons. The van der Waals surface area contributed by atoms with Crippen LogP contribution in [0.2, 0.25) is 5.02 Å². The molecule has 1 atom stereocenters. The van der Waals surface area contributed by atoms with Gasteiger partial charge < -0.3 is 4.57 Å². The highest BCUT2D eigenvalue weighted by Crippen LogP contribution is 2.30. The van der Waals surface area contributed by atoms with Crippen molar-refractivity contribution in [3.63, 3.8) is 0 Å². The molecule has 2 aliphatic rings. The Morgan fingerprint density at radius 2 is 1.62 bits per heavy atom. The summed E-state index contributed by atoms with van der Waals surface area (Å²) in [6.45, 7) is 3.50. The van der Waals surface area contributed by atoms with Gasteiger partial charge in [0.25, 0.3) is 0 Å². The standard InChI is InChI=1S/C18H20ClN2.ClHO4/c19-16-7-5-14(6-8-16)15-12-18(20-9-1-2-10-20)17-4-3-11-21(17)13-15;2-1(3,4)5/h3-8,11,15H,1-2,9-10,12-13H2;(H,2,3,4,5)/q+1;/p-1. The number of rotatable bonds is 1. The summed E-state index contributed by atoms with van der Waals surface area (Å²) in [7, 11) is -4.94. The molecule has 26 heavy (non-hydrogen) atoms. The van der Waals surface area contributed by atoms with E-state index in [9.17, 15) is 0 Å². The van der Waals surface area contributed by atoms with Crippen LogP contribution in [0.4, 0.5) is 0 Å². The second kappa shape index (κ2) is 8.08. The van der Waals surface area contributed by atoms with Crippen LogP contribution in [0, 0.1) is 10.2 Å². The Labute approximate surface area is 159 Å². The molecule has 3 heterocycles. The molecule has 2 aliphatic heterocycles. The largest absolute Gasteiger partial charge is 0.342 e. The molecule has 1 aromatic carbocycles. The van der Waals surface area contributed by atoms with Crippen LogP contribution in [0.1, 0.15) is 36.4 Å². The molecule has 0 amide bonds. The van der Waals surface area contributed by atoms with E-state index in [1.165, 1.54) is 42.9 Å². The van der Waals surface area contributed by atoms with Crippen molar-refractivity contribution in [1.29, 1.82) is 0 Å². The fourth-order valence-electron chi connectivity index (χ4n) is 3.71. The van der Waals surface area contributed by atoms with Gasteiger partial charge in [0.15, 0.2) is 0 Å². The van der Waals surface area contributed by atoms with E-state index in [1.54, 1.807) is 0 Å². The molecular formula is C18H20Cl2N2O4. The van der Waals surface area contributed by atoms with E-state index >= 15 is 0 Å². The summed E-state index contributed by atoms with van der Waals surface area (Å²) in [5.41, 5.74) is 4.35. The lowest BCUT2D eigenvalue weighted by molar-refractivity contribution is -2.00. The number of aromatic nitrogens is 1. The van der Waals surface area contributed by atoms with E-state index < -0.39 is 10.2 Å². The van der Waals surface area contributed by atoms with Crippen LogP contribution < -0.4 is 18.6 Å². The Morgan fingerprint density at radius 1 is 1.00 bits per heavy atom. The molecule has 4 rings (SSSR count). The zero-order valence-corrected chi connectivity index (χ0v) is 15.7. The van der Waals surface area contributed by atoms with Crippen molar-refractivity contribution in [1.82, 2.24) is 4.57 Å². The number of hydrogen-bond donors (Lipinski definition) is 0. The quantitative estimate of drug-likeness (QED) is 0.585. The maximum Gasteiger partial charge on any atom is 0.200 e. The van der Waals surface area contributed by atoms with Gasteiger partial charge in [-0.15, -0.1) is 10.2 Å². The number of halogens is 2. The fourth-order valence-corrected chi connectivity index (χ4v) is 3.84. The van der Waals surface area contributed by atoms with Gasteiger partial charge in [-0.3, -0.25) is 0 Å². The average Bonchev–Trinajstić information content (AvgIpc) is 3.24. The van der Waals surface area contributed by atoms with E-state index in [0.29, 0.717) is 5.92 Å². The zero-order valence-electron chi connectivity index (χ0n) is 14.1. The molecule has 0 N–H and O–H groups in total. The lowest BCUT2D eigenvalue weighted by Gasteiger charge is -2.25. The molecule has 8 heteroatoms. The highest BCUT2D eigenvalue weighted by molar-refractivity contribution is 6.30. The van der Waals surface area contributed by atoms with Crippen LogP contribution in [0.5, 0.6) is 0 Å². The molecule has 1 saturated heterocycles. The zero-order chi connectivity index (χ0) is 18.7. The van der Waals surface area contributed by atoms with Crippen molar-refractivity contribution in [2.24, 2.45) is 0 Å². The first-order valence-corrected chi connectivity index (χ1v) is 10.1. The first-order valence-electron chi connectivity index (χ1n) is 8.45. The van der Waals surface area contributed by atoms with Crippen LogP contribution in [0.25, 0.3) is 0 Å². The highest BCUT2D eigenvalue weighted by Gasteiger charge is 2.31. The van der Waals surface area contributed by atoms with Gasteiger partial charge >= 0.3 is 0 Å². The highest BCUT2D eigenvalue weighted by atomic mass is 35.7. The van der Waals surface area contributed by atoms with Gasteiger partial charge in [-0.05, 0) is 29.8 Å². The van der Waals surface area contributed by atoms with Crippen molar-refractivity contribution >= 4 is 17.3 Å². The SMILES string of the molecule is Clc1ccc(C2CC(=[N+]3CCCC3)c3cccn3C2)cc1.[O-][Cl+3]([O-])([O-])[O-]. The topological polar surface area (TPSA) is 100 Å². The molecule has 0 bridgehead atoms. The number of nitrogens with zero attached hydrogens (tertiary/aromatic N) is 2. The molecule has 0 aliphatic carbocycles. The van der Waals surface area contributed by atoms with Gasteiger partial charge in [-0.25, -0.2) is 23.2 Å². The summed E-state index contributed by atoms with van der Waals surface area (Å²) in [6.07, 6.45) is 6.02. The van der Waals surface area contributed by atoms with Crippen LogP contribution in [0.15, 0.2) is 42.6 Å². The summed E-state index contributed by atoms with van der Waals surface area (Å²) >= 11 is 6.03. The molecule has 1 aromatic heterocycles. The minimum Gasteiger partial charge on any atom is -0.342 e. The number of hydrogen-bond acceptors (Lipinski definition) is 4. The third-order valence-corrected chi connectivity index (χ3v) is 5.06. The van der Waals surface area contributed by atoms with Crippen molar-refractivity contribution in [2.75, 3.05) is 13.1 Å². The summed E-state index contributed by atoms with van der Waals surface area (Å²) in [6, 6.07) is 12.8. The summed E-state index contributed by atoms with van der Waals surface area (Å²) < 4.78 is 39.0. The van der Waals surface area contributed by atoms with Crippen LogP contribution in [-0.2, 0) is 6.54 Å².